The van der Waals surface area contributed by atoms with Gasteiger partial charge in [0.05, 0.1) is 6.04 Å². The molecule has 4 heteroatoms. The third-order valence-corrected chi connectivity index (χ3v) is 2.84. The Labute approximate surface area is 108 Å². The van der Waals surface area contributed by atoms with Crippen molar-refractivity contribution in [3.8, 4) is 0 Å². The summed E-state index contributed by atoms with van der Waals surface area (Å²) >= 11 is 0. The summed E-state index contributed by atoms with van der Waals surface area (Å²) in [6.07, 6.45) is 0.799. The van der Waals surface area contributed by atoms with Crippen molar-refractivity contribution in [3.63, 3.8) is 0 Å². The van der Waals surface area contributed by atoms with Crippen molar-refractivity contribution in [1.29, 1.82) is 0 Å². The van der Waals surface area contributed by atoms with Crippen LogP contribution in [-0.2, 0) is 9.59 Å². The molecule has 4 nitrogen and oxygen atoms in total. The van der Waals surface area contributed by atoms with E-state index in [2.05, 4.69) is 10.6 Å². The number of rotatable bonds is 4. The molecule has 1 aromatic carbocycles. The molecule has 0 saturated heterocycles. The van der Waals surface area contributed by atoms with Crippen LogP contribution in [0.1, 0.15) is 38.8 Å². The molecule has 1 aromatic rings. The highest BCUT2D eigenvalue weighted by Crippen LogP contribution is 2.10. The summed E-state index contributed by atoms with van der Waals surface area (Å²) in [6, 6.07) is 9.37. The predicted octanol–water partition coefficient (Wildman–Crippen LogP) is 1.78. The molecule has 0 unspecified atom stereocenters. The van der Waals surface area contributed by atoms with Gasteiger partial charge in [-0.2, -0.15) is 0 Å². The molecule has 0 radical (unpaired) electrons. The maximum absolute atomic E-state index is 11.7. The molecule has 1 rings (SSSR count). The number of hydrogen-bond acceptors (Lipinski definition) is 2. The lowest BCUT2D eigenvalue weighted by Gasteiger charge is -2.15. The van der Waals surface area contributed by atoms with E-state index in [1.807, 2.05) is 51.1 Å². The Kier molecular flexibility index (Phi) is 5.36. The number of carbonyl (C=O) groups is 2. The van der Waals surface area contributed by atoms with Gasteiger partial charge in [0.1, 0.15) is 0 Å². The molecule has 2 N–H and O–H groups in total. The fourth-order valence-electron chi connectivity index (χ4n) is 1.48. The summed E-state index contributed by atoms with van der Waals surface area (Å²) in [6.45, 7) is 5.67. The normalized spacial score (nSPS) is 13.5. The zero-order valence-electron chi connectivity index (χ0n) is 11.1. The number of amides is 2. The van der Waals surface area contributed by atoms with Crippen molar-refractivity contribution in [3.05, 3.63) is 35.9 Å². The van der Waals surface area contributed by atoms with Crippen LogP contribution in [0.25, 0.3) is 0 Å². The van der Waals surface area contributed by atoms with Gasteiger partial charge >= 0.3 is 11.8 Å². The first-order chi connectivity index (χ1) is 8.54. The van der Waals surface area contributed by atoms with Crippen molar-refractivity contribution < 1.29 is 9.59 Å². The Morgan fingerprint density at radius 2 is 1.61 bits per heavy atom. The molecule has 2 atom stereocenters. The quantitative estimate of drug-likeness (QED) is 0.798. The van der Waals surface area contributed by atoms with Crippen LogP contribution in [0.2, 0.25) is 0 Å². The smallest absolute Gasteiger partial charge is 0.309 e. The minimum atomic E-state index is -0.591. The van der Waals surface area contributed by atoms with Crippen LogP contribution >= 0.6 is 0 Å². The molecule has 0 aliphatic heterocycles. The van der Waals surface area contributed by atoms with Crippen LogP contribution in [0.3, 0.4) is 0 Å². The molecule has 2 amide bonds. The van der Waals surface area contributed by atoms with Gasteiger partial charge in [-0.15, -0.1) is 0 Å². The van der Waals surface area contributed by atoms with Crippen molar-refractivity contribution >= 4 is 11.8 Å². The van der Waals surface area contributed by atoms with Crippen LogP contribution in [-0.4, -0.2) is 17.9 Å². The van der Waals surface area contributed by atoms with E-state index in [4.69, 9.17) is 0 Å². The number of nitrogens with one attached hydrogen (secondary N) is 2. The second-order valence-electron chi connectivity index (χ2n) is 4.39. The molecular formula is C14H20N2O2. The monoisotopic (exact) mass is 248 g/mol. The summed E-state index contributed by atoms with van der Waals surface area (Å²) in [5.74, 6) is -1.17. The average molecular weight is 248 g/mol. The molecule has 0 spiro atoms. The van der Waals surface area contributed by atoms with Gasteiger partial charge in [-0.25, -0.2) is 0 Å². The van der Waals surface area contributed by atoms with E-state index in [1.54, 1.807) is 0 Å². The fourth-order valence-corrected chi connectivity index (χ4v) is 1.48. The van der Waals surface area contributed by atoms with E-state index in [-0.39, 0.29) is 12.1 Å². The maximum Gasteiger partial charge on any atom is 0.309 e. The highest BCUT2D eigenvalue weighted by molar-refractivity contribution is 6.35. The first-order valence-corrected chi connectivity index (χ1v) is 6.21. The zero-order chi connectivity index (χ0) is 13.5. The third-order valence-electron chi connectivity index (χ3n) is 2.84. The second-order valence-corrected chi connectivity index (χ2v) is 4.39. The fraction of sp³-hybridized carbons (Fsp3) is 0.429. The summed E-state index contributed by atoms with van der Waals surface area (Å²) in [5.41, 5.74) is 0.974. The molecule has 18 heavy (non-hydrogen) atoms. The standard InChI is InChI=1S/C14H20N2O2/c1-4-10(2)15-13(17)14(18)16-11(3)12-8-6-5-7-9-12/h5-11H,4H2,1-3H3,(H,15,17)(H,16,18)/t10-,11-/m1/s1. The molecule has 0 fully saturated rings. The lowest BCUT2D eigenvalue weighted by molar-refractivity contribution is -0.140. The Bertz CT molecular complexity index is 404. The van der Waals surface area contributed by atoms with Gasteiger partial charge in [-0.3, -0.25) is 9.59 Å². The van der Waals surface area contributed by atoms with Crippen LogP contribution in [0.5, 0.6) is 0 Å². The Balaban J connectivity index is 2.52. The Morgan fingerprint density at radius 1 is 1.06 bits per heavy atom. The summed E-state index contributed by atoms with van der Waals surface area (Å²) in [7, 11) is 0. The van der Waals surface area contributed by atoms with Gasteiger partial charge in [0.25, 0.3) is 0 Å². The lowest BCUT2D eigenvalue weighted by atomic mass is 10.1. The minimum Gasteiger partial charge on any atom is -0.345 e. The van der Waals surface area contributed by atoms with Crippen molar-refractivity contribution in [1.82, 2.24) is 10.6 Å². The Morgan fingerprint density at radius 3 is 2.17 bits per heavy atom. The molecular weight excluding hydrogens is 228 g/mol. The molecule has 98 valence electrons. The summed E-state index contributed by atoms with van der Waals surface area (Å²) in [4.78, 5) is 23.2. The zero-order valence-corrected chi connectivity index (χ0v) is 11.1. The number of hydrogen-bond donors (Lipinski definition) is 2. The molecule has 0 aliphatic carbocycles. The van der Waals surface area contributed by atoms with Crippen LogP contribution in [0, 0.1) is 0 Å². The van der Waals surface area contributed by atoms with E-state index in [0.717, 1.165) is 12.0 Å². The van der Waals surface area contributed by atoms with Gasteiger partial charge in [0, 0.05) is 6.04 Å². The highest BCUT2D eigenvalue weighted by atomic mass is 16.2. The van der Waals surface area contributed by atoms with Gasteiger partial charge < -0.3 is 10.6 Å². The summed E-state index contributed by atoms with van der Waals surface area (Å²) < 4.78 is 0. The number of benzene rings is 1. The molecule has 0 aromatic heterocycles. The highest BCUT2D eigenvalue weighted by Gasteiger charge is 2.17. The van der Waals surface area contributed by atoms with Crippen LogP contribution in [0.15, 0.2) is 30.3 Å². The first-order valence-electron chi connectivity index (χ1n) is 6.21. The maximum atomic E-state index is 11.7. The van der Waals surface area contributed by atoms with Gasteiger partial charge in [0.15, 0.2) is 0 Å². The van der Waals surface area contributed by atoms with Crippen molar-refractivity contribution in [2.45, 2.75) is 39.3 Å². The van der Waals surface area contributed by atoms with E-state index in [1.165, 1.54) is 0 Å². The number of carbonyl (C=O) groups excluding carboxylic acids is 2. The third kappa shape index (κ3) is 4.20. The molecule has 0 saturated carbocycles. The van der Waals surface area contributed by atoms with E-state index in [0.29, 0.717) is 0 Å². The summed E-state index contributed by atoms with van der Waals surface area (Å²) in [5, 5.41) is 5.31. The SMILES string of the molecule is CC[C@@H](C)NC(=O)C(=O)N[C@H](C)c1ccccc1. The average Bonchev–Trinajstić information content (AvgIpc) is 2.39. The van der Waals surface area contributed by atoms with E-state index in [9.17, 15) is 9.59 Å². The van der Waals surface area contributed by atoms with Crippen molar-refractivity contribution in [2.24, 2.45) is 0 Å². The van der Waals surface area contributed by atoms with E-state index < -0.39 is 11.8 Å². The minimum absolute atomic E-state index is 0.00952. The van der Waals surface area contributed by atoms with Crippen molar-refractivity contribution in [2.75, 3.05) is 0 Å². The topological polar surface area (TPSA) is 58.2 Å². The molecule has 0 bridgehead atoms. The van der Waals surface area contributed by atoms with E-state index >= 15 is 0 Å². The first kappa shape index (κ1) is 14.2. The van der Waals surface area contributed by atoms with Gasteiger partial charge in [-0.05, 0) is 25.8 Å². The molecule has 0 heterocycles. The van der Waals surface area contributed by atoms with Crippen LogP contribution in [0.4, 0.5) is 0 Å². The largest absolute Gasteiger partial charge is 0.345 e. The second kappa shape index (κ2) is 6.79. The van der Waals surface area contributed by atoms with Gasteiger partial charge in [-0.1, -0.05) is 37.3 Å². The molecule has 0 aliphatic rings. The predicted molar refractivity (Wildman–Crippen MR) is 70.9 cm³/mol. The van der Waals surface area contributed by atoms with Crippen LogP contribution < -0.4 is 10.6 Å². The Hall–Kier alpha value is -1.84. The lowest BCUT2D eigenvalue weighted by Crippen LogP contribution is -2.44. The van der Waals surface area contributed by atoms with Gasteiger partial charge in [0.2, 0.25) is 0 Å².